The van der Waals surface area contributed by atoms with Crippen LogP contribution in [0.15, 0.2) is 18.3 Å². The van der Waals surface area contributed by atoms with Crippen molar-refractivity contribution in [2.75, 3.05) is 30.1 Å². The molecule has 1 aliphatic heterocycles. The predicted molar refractivity (Wildman–Crippen MR) is 141 cm³/mol. The van der Waals surface area contributed by atoms with E-state index < -0.39 is 46.6 Å². The van der Waals surface area contributed by atoms with Crippen molar-refractivity contribution >= 4 is 40.0 Å². The Kier molecular flexibility index (Phi) is 6.68. The van der Waals surface area contributed by atoms with Crippen molar-refractivity contribution < 1.29 is 27.0 Å². The molecule has 40 heavy (non-hydrogen) atoms. The van der Waals surface area contributed by atoms with Gasteiger partial charge < -0.3 is 25.8 Å². The Hall–Kier alpha value is -4.20. The zero-order chi connectivity index (χ0) is 29.1. The second kappa shape index (κ2) is 9.77. The molecule has 0 saturated carbocycles. The van der Waals surface area contributed by atoms with Crippen LogP contribution in [0, 0.1) is 12.7 Å². The van der Waals surface area contributed by atoms with Gasteiger partial charge in [0.1, 0.15) is 40.7 Å². The first kappa shape index (κ1) is 27.4. The number of halogens is 5. The average molecular weight is 579 g/mol. The molecule has 1 aliphatic rings. The van der Waals surface area contributed by atoms with E-state index in [0.29, 0.717) is 10.6 Å². The normalized spacial score (nSPS) is 16.0. The van der Waals surface area contributed by atoms with Gasteiger partial charge in [-0.15, -0.1) is 0 Å². The fourth-order valence-electron chi connectivity index (χ4n) is 4.91. The van der Waals surface area contributed by atoms with Crippen LogP contribution in [0.4, 0.5) is 35.0 Å². The molecule has 10 nitrogen and oxygen atoms in total. The number of methoxy groups -OCH3 is 1. The number of rotatable bonds is 4. The van der Waals surface area contributed by atoms with E-state index in [4.69, 9.17) is 32.5 Å². The van der Waals surface area contributed by atoms with Gasteiger partial charge in [0.05, 0.1) is 35.5 Å². The molecular formula is C25H23ClF4N8O2. The number of aryl methyl sites for hydroxylation is 1. The molecule has 0 aromatic carbocycles. The maximum atomic E-state index is 16.3. The van der Waals surface area contributed by atoms with Crippen molar-refractivity contribution in [3.05, 3.63) is 46.0 Å². The van der Waals surface area contributed by atoms with Gasteiger partial charge in [-0.1, -0.05) is 11.6 Å². The van der Waals surface area contributed by atoms with Crippen molar-refractivity contribution in [1.29, 1.82) is 0 Å². The first-order chi connectivity index (χ1) is 18.8. The molecule has 1 unspecified atom stereocenters. The highest BCUT2D eigenvalue weighted by Crippen LogP contribution is 2.46. The monoisotopic (exact) mass is 578 g/mol. The van der Waals surface area contributed by atoms with Gasteiger partial charge >= 0.3 is 12.2 Å². The number of hydrogen-bond donors (Lipinski definition) is 2. The predicted octanol–water partition coefficient (Wildman–Crippen LogP) is 5.12. The first-order valence-corrected chi connectivity index (χ1v) is 12.3. The highest BCUT2D eigenvalue weighted by molar-refractivity contribution is 6.30. The topological polar surface area (TPSA) is 138 Å². The van der Waals surface area contributed by atoms with Gasteiger partial charge in [0.15, 0.2) is 5.82 Å². The lowest BCUT2D eigenvalue weighted by molar-refractivity contribution is -0.137. The number of aromatic nitrogens is 5. The Morgan fingerprint density at radius 2 is 1.90 bits per heavy atom. The van der Waals surface area contributed by atoms with Crippen LogP contribution in [0.3, 0.4) is 0 Å². The molecule has 0 saturated heterocycles. The molecule has 2 atom stereocenters. The summed E-state index contributed by atoms with van der Waals surface area (Å²) < 4.78 is 69.7. The van der Waals surface area contributed by atoms with Crippen LogP contribution in [-0.4, -0.2) is 44.7 Å². The molecule has 4 aromatic heterocycles. The molecule has 4 aromatic rings. The summed E-state index contributed by atoms with van der Waals surface area (Å²) in [6.45, 7) is 4.78. The zero-order valence-electron chi connectivity index (χ0n) is 21.6. The molecular weight excluding hydrogens is 556 g/mol. The molecule has 5 heterocycles. The number of nitrogens with zero attached hydrogens (tertiary/aromatic N) is 6. The fraction of sp³-hybridized carbons (Fsp3) is 0.320. The quantitative estimate of drug-likeness (QED) is 0.314. The molecule has 0 amide bonds. The van der Waals surface area contributed by atoms with E-state index in [1.54, 1.807) is 11.0 Å². The van der Waals surface area contributed by atoms with E-state index >= 15 is 4.39 Å². The van der Waals surface area contributed by atoms with E-state index in [0.717, 1.165) is 13.0 Å². The number of nitrogen functional groups attached to an aromatic ring is 2. The minimum Gasteiger partial charge on any atom is -0.475 e. The van der Waals surface area contributed by atoms with Gasteiger partial charge in [-0.2, -0.15) is 23.1 Å². The maximum absolute atomic E-state index is 16.3. The molecule has 5 rings (SSSR count). The number of ether oxygens (including phenoxy) is 2. The maximum Gasteiger partial charge on any atom is 0.418 e. The molecule has 15 heteroatoms. The zero-order valence-corrected chi connectivity index (χ0v) is 22.4. The van der Waals surface area contributed by atoms with Crippen LogP contribution in [0.25, 0.3) is 22.2 Å². The van der Waals surface area contributed by atoms with E-state index in [-0.39, 0.29) is 46.9 Å². The summed E-state index contributed by atoms with van der Waals surface area (Å²) in [5, 5.41) is 0.393. The molecule has 0 spiro atoms. The summed E-state index contributed by atoms with van der Waals surface area (Å²) in [4.78, 5) is 22.5. The van der Waals surface area contributed by atoms with E-state index in [1.165, 1.54) is 13.3 Å². The van der Waals surface area contributed by atoms with Gasteiger partial charge in [-0.25, -0.2) is 19.3 Å². The van der Waals surface area contributed by atoms with Crippen molar-refractivity contribution in [3.8, 4) is 23.1 Å². The SMILES string of the molecule is COc1nc2c3c(nc(-c4cc(N)nc(C)c4C(F)(F)F)c(F)c3n1)OC[C@H](C)N2C(C)c1cc(Cl)cnc1N. The summed E-state index contributed by atoms with van der Waals surface area (Å²) in [6, 6.07) is 1.42. The number of alkyl halides is 3. The summed E-state index contributed by atoms with van der Waals surface area (Å²) in [6.07, 6.45) is -3.47. The number of anilines is 3. The minimum absolute atomic E-state index is 0.00767. The standard InChI is InChI=1S/C25H23ClF4N8O2/c1-9-8-40-23-16-20(18(27)19(35-23)14-6-15(31)34-10(2)17(14)25(28,29)30)36-24(39-4)37-22(16)38(9)11(3)13-5-12(26)7-33-21(13)32/h5-7,9,11H,8H2,1-4H3,(H2,31,34)(H2,32,33)/t9-,11?/m0/s1. The number of hydrogen-bond acceptors (Lipinski definition) is 10. The Morgan fingerprint density at radius 1 is 1.18 bits per heavy atom. The Morgan fingerprint density at radius 3 is 2.58 bits per heavy atom. The highest BCUT2D eigenvalue weighted by atomic mass is 35.5. The number of pyridine rings is 3. The van der Waals surface area contributed by atoms with Crippen LogP contribution in [0.2, 0.25) is 5.02 Å². The first-order valence-electron chi connectivity index (χ1n) is 11.9. The third-order valence-corrected chi connectivity index (χ3v) is 6.82. The number of nitrogens with two attached hydrogens (primary N) is 2. The lowest BCUT2D eigenvalue weighted by atomic mass is 10.0. The minimum atomic E-state index is -4.88. The van der Waals surface area contributed by atoms with Crippen LogP contribution < -0.4 is 25.8 Å². The van der Waals surface area contributed by atoms with Gasteiger partial charge in [0.25, 0.3) is 0 Å². The van der Waals surface area contributed by atoms with E-state index in [2.05, 4.69) is 24.9 Å². The summed E-state index contributed by atoms with van der Waals surface area (Å²) in [5.41, 5.74) is 9.25. The third kappa shape index (κ3) is 4.51. The van der Waals surface area contributed by atoms with Crippen LogP contribution in [-0.2, 0) is 6.18 Å². The van der Waals surface area contributed by atoms with Crippen molar-refractivity contribution in [3.63, 3.8) is 0 Å². The molecule has 0 aliphatic carbocycles. The van der Waals surface area contributed by atoms with Crippen LogP contribution in [0.5, 0.6) is 11.9 Å². The molecule has 0 radical (unpaired) electrons. The average Bonchev–Trinajstić information content (AvgIpc) is 3.01. The second-order valence-electron chi connectivity index (χ2n) is 9.26. The van der Waals surface area contributed by atoms with E-state index in [1.807, 2.05) is 13.8 Å². The largest absolute Gasteiger partial charge is 0.475 e. The highest BCUT2D eigenvalue weighted by Gasteiger charge is 2.39. The van der Waals surface area contributed by atoms with Gasteiger partial charge in [-0.05, 0) is 32.9 Å². The Balaban J connectivity index is 1.82. The second-order valence-corrected chi connectivity index (χ2v) is 9.70. The molecule has 0 fully saturated rings. The Labute approximate surface area is 230 Å². The van der Waals surface area contributed by atoms with Gasteiger partial charge in [0.2, 0.25) is 5.88 Å². The van der Waals surface area contributed by atoms with Gasteiger partial charge in [-0.3, -0.25) is 0 Å². The molecule has 4 N–H and O–H groups in total. The summed E-state index contributed by atoms with van der Waals surface area (Å²) in [7, 11) is 1.28. The van der Waals surface area contributed by atoms with E-state index in [9.17, 15) is 13.2 Å². The smallest absolute Gasteiger partial charge is 0.418 e. The molecule has 0 bridgehead atoms. The summed E-state index contributed by atoms with van der Waals surface area (Å²) in [5.74, 6) is -1.16. The lowest BCUT2D eigenvalue weighted by Crippen LogP contribution is -2.39. The fourth-order valence-corrected chi connectivity index (χ4v) is 5.08. The third-order valence-electron chi connectivity index (χ3n) is 6.62. The molecule has 210 valence electrons. The van der Waals surface area contributed by atoms with Crippen molar-refractivity contribution in [2.45, 2.75) is 39.0 Å². The summed E-state index contributed by atoms with van der Waals surface area (Å²) >= 11 is 6.18. The van der Waals surface area contributed by atoms with Crippen LogP contribution >= 0.6 is 11.6 Å². The van der Waals surface area contributed by atoms with Crippen LogP contribution in [0.1, 0.15) is 36.7 Å². The van der Waals surface area contributed by atoms with Crippen molar-refractivity contribution in [2.24, 2.45) is 0 Å². The Bertz CT molecular complexity index is 1650. The van der Waals surface area contributed by atoms with Gasteiger partial charge in [0, 0.05) is 17.3 Å². The van der Waals surface area contributed by atoms with Crippen molar-refractivity contribution in [1.82, 2.24) is 24.9 Å². The lowest BCUT2D eigenvalue weighted by Gasteiger charge is -2.35.